The minimum absolute atomic E-state index is 0.131. The Bertz CT molecular complexity index is 802. The summed E-state index contributed by atoms with van der Waals surface area (Å²) in [6, 6.07) is 7.00. The number of nitrogens with one attached hydrogen (secondary N) is 2. The van der Waals surface area contributed by atoms with Crippen LogP contribution < -0.4 is 14.8 Å². The van der Waals surface area contributed by atoms with E-state index in [-0.39, 0.29) is 22.0 Å². The molecule has 0 spiro atoms. The molecule has 2 aromatic rings. The summed E-state index contributed by atoms with van der Waals surface area (Å²) < 4.78 is 32.2. The Labute approximate surface area is 144 Å². The number of rotatable bonds is 7. The molecular formula is C14H18N4O4S2. The second kappa shape index (κ2) is 7.69. The first-order valence-corrected chi connectivity index (χ1v) is 9.39. The fourth-order valence-corrected chi connectivity index (χ4v) is 3.91. The number of carbonyl (C=O) groups excluding carboxylic acids is 1. The maximum absolute atomic E-state index is 12.2. The van der Waals surface area contributed by atoms with E-state index < -0.39 is 16.1 Å². The van der Waals surface area contributed by atoms with Crippen LogP contribution in [0.5, 0.6) is 5.75 Å². The normalized spacial score (nSPS) is 12.6. The third-order valence-corrected chi connectivity index (χ3v) is 5.59. The molecule has 1 amide bonds. The number of nitrogens with zero attached hydrogens (tertiary/aromatic N) is 2. The number of amides is 1. The van der Waals surface area contributed by atoms with Gasteiger partial charge in [0.05, 0.1) is 6.04 Å². The van der Waals surface area contributed by atoms with Crippen LogP contribution in [-0.2, 0) is 14.8 Å². The summed E-state index contributed by atoms with van der Waals surface area (Å²) in [6.45, 7) is 5.12. The smallest absolute Gasteiger partial charge is 0.270 e. The van der Waals surface area contributed by atoms with Crippen LogP contribution in [0.2, 0.25) is 0 Å². The monoisotopic (exact) mass is 370 g/mol. The minimum Gasteiger partial charge on any atom is -0.492 e. The van der Waals surface area contributed by atoms with Crippen molar-refractivity contribution in [3.63, 3.8) is 0 Å². The van der Waals surface area contributed by atoms with Crippen molar-refractivity contribution in [3.05, 3.63) is 29.8 Å². The highest BCUT2D eigenvalue weighted by Gasteiger charge is 2.23. The molecule has 1 aromatic heterocycles. The quantitative estimate of drug-likeness (QED) is 0.716. The third-order valence-electron chi connectivity index (χ3n) is 2.80. The molecule has 0 aliphatic heterocycles. The van der Waals surface area contributed by atoms with Gasteiger partial charge in [0.2, 0.25) is 15.4 Å². The van der Waals surface area contributed by atoms with Crippen LogP contribution in [0.25, 0.3) is 0 Å². The molecule has 1 atom stereocenters. The summed E-state index contributed by atoms with van der Waals surface area (Å²) in [5, 5.41) is 9.72. The van der Waals surface area contributed by atoms with E-state index in [1.54, 1.807) is 6.92 Å². The molecule has 0 bridgehead atoms. The van der Waals surface area contributed by atoms with Crippen LogP contribution in [-0.4, -0.2) is 37.2 Å². The number of benzene rings is 1. The van der Waals surface area contributed by atoms with Crippen molar-refractivity contribution in [1.29, 1.82) is 0 Å². The molecule has 0 fully saturated rings. The Hall–Kier alpha value is -2.04. The molecule has 0 radical (unpaired) electrons. The lowest BCUT2D eigenvalue weighted by atomic mass is 10.2. The predicted octanol–water partition coefficient (Wildman–Crippen LogP) is 1.55. The zero-order valence-electron chi connectivity index (χ0n) is 13.4. The van der Waals surface area contributed by atoms with Crippen molar-refractivity contribution in [2.45, 2.75) is 31.2 Å². The summed E-state index contributed by atoms with van der Waals surface area (Å²) in [4.78, 5) is 10.9. The van der Waals surface area contributed by atoms with Gasteiger partial charge in [-0.2, -0.15) is 0 Å². The predicted molar refractivity (Wildman–Crippen MR) is 90.7 cm³/mol. The Morgan fingerprint density at radius 1 is 1.29 bits per heavy atom. The van der Waals surface area contributed by atoms with Gasteiger partial charge in [0.15, 0.2) is 0 Å². The molecule has 0 aliphatic carbocycles. The van der Waals surface area contributed by atoms with E-state index >= 15 is 0 Å². The topological polar surface area (TPSA) is 110 Å². The largest absolute Gasteiger partial charge is 0.492 e. The number of hydrogen-bond donors (Lipinski definition) is 2. The fourth-order valence-electron chi connectivity index (χ4n) is 1.72. The standard InChI is InChI=1S/C14H18N4O4S2/c1-9-4-6-12(7-5-9)22-8-10(2)18-24(20,21)14-17-16-13(23-14)15-11(3)19/h4-7,10,18H,8H2,1-3H3,(H,15,16,19)/t10-/m0/s1. The van der Waals surface area contributed by atoms with Gasteiger partial charge < -0.3 is 10.1 Å². The van der Waals surface area contributed by atoms with E-state index in [0.29, 0.717) is 5.75 Å². The number of sulfonamides is 1. The SMILES string of the molecule is CC(=O)Nc1nnc(S(=O)(=O)N[C@@H](C)COc2ccc(C)cc2)s1. The lowest BCUT2D eigenvalue weighted by Crippen LogP contribution is -2.36. The van der Waals surface area contributed by atoms with Crippen molar-refractivity contribution < 1.29 is 17.9 Å². The van der Waals surface area contributed by atoms with Gasteiger partial charge in [-0.25, -0.2) is 13.1 Å². The number of carbonyl (C=O) groups is 1. The van der Waals surface area contributed by atoms with E-state index in [0.717, 1.165) is 16.9 Å². The van der Waals surface area contributed by atoms with E-state index in [9.17, 15) is 13.2 Å². The molecule has 130 valence electrons. The van der Waals surface area contributed by atoms with E-state index in [1.165, 1.54) is 6.92 Å². The average molecular weight is 370 g/mol. The molecule has 1 heterocycles. The van der Waals surface area contributed by atoms with Crippen molar-refractivity contribution >= 4 is 32.4 Å². The Balaban J connectivity index is 1.94. The fraction of sp³-hybridized carbons (Fsp3) is 0.357. The van der Waals surface area contributed by atoms with Crippen LogP contribution in [0.1, 0.15) is 19.4 Å². The zero-order chi connectivity index (χ0) is 17.7. The summed E-state index contributed by atoms with van der Waals surface area (Å²) in [6.07, 6.45) is 0. The molecule has 0 unspecified atom stereocenters. The number of ether oxygens (including phenoxy) is 1. The zero-order valence-corrected chi connectivity index (χ0v) is 15.1. The lowest BCUT2D eigenvalue weighted by molar-refractivity contribution is -0.114. The number of aromatic nitrogens is 2. The number of hydrogen-bond acceptors (Lipinski definition) is 7. The first-order chi connectivity index (χ1) is 11.3. The van der Waals surface area contributed by atoms with Crippen LogP contribution in [0.3, 0.4) is 0 Å². The van der Waals surface area contributed by atoms with Gasteiger partial charge in [-0.1, -0.05) is 29.0 Å². The molecule has 0 aliphatic rings. The molecule has 24 heavy (non-hydrogen) atoms. The molecule has 8 nitrogen and oxygen atoms in total. The first-order valence-electron chi connectivity index (χ1n) is 7.09. The van der Waals surface area contributed by atoms with Crippen molar-refractivity contribution in [2.75, 3.05) is 11.9 Å². The van der Waals surface area contributed by atoms with E-state index in [2.05, 4.69) is 20.2 Å². The molecule has 0 saturated heterocycles. The molecule has 1 aromatic carbocycles. The van der Waals surface area contributed by atoms with Gasteiger partial charge in [-0.3, -0.25) is 4.79 Å². The summed E-state index contributed by atoms with van der Waals surface area (Å²) in [5.74, 6) is 0.318. The van der Waals surface area contributed by atoms with Gasteiger partial charge >= 0.3 is 0 Å². The van der Waals surface area contributed by atoms with Crippen LogP contribution in [0.4, 0.5) is 5.13 Å². The van der Waals surface area contributed by atoms with E-state index in [1.807, 2.05) is 31.2 Å². The molecule has 0 saturated carbocycles. The first kappa shape index (κ1) is 18.3. The van der Waals surface area contributed by atoms with Crippen molar-refractivity contribution in [2.24, 2.45) is 0 Å². The van der Waals surface area contributed by atoms with Crippen molar-refractivity contribution in [3.8, 4) is 5.75 Å². The second-order valence-corrected chi connectivity index (χ2v) is 8.07. The lowest BCUT2D eigenvalue weighted by Gasteiger charge is -2.14. The van der Waals surface area contributed by atoms with Crippen LogP contribution in [0, 0.1) is 6.92 Å². The summed E-state index contributed by atoms with van der Waals surface area (Å²) >= 11 is 0.781. The van der Waals surface area contributed by atoms with Crippen molar-refractivity contribution in [1.82, 2.24) is 14.9 Å². The van der Waals surface area contributed by atoms with E-state index in [4.69, 9.17) is 4.74 Å². The Morgan fingerprint density at radius 2 is 1.96 bits per heavy atom. The van der Waals surface area contributed by atoms with Crippen LogP contribution in [0.15, 0.2) is 28.6 Å². The number of anilines is 1. The van der Waals surface area contributed by atoms with Gasteiger partial charge in [0.25, 0.3) is 10.0 Å². The Kier molecular flexibility index (Phi) is 5.86. The number of aryl methyl sites for hydroxylation is 1. The third kappa shape index (κ3) is 5.25. The second-order valence-electron chi connectivity index (χ2n) is 5.20. The highest BCUT2D eigenvalue weighted by Crippen LogP contribution is 2.20. The van der Waals surface area contributed by atoms with Gasteiger partial charge in [0.1, 0.15) is 12.4 Å². The molecule has 2 N–H and O–H groups in total. The van der Waals surface area contributed by atoms with Crippen LogP contribution >= 0.6 is 11.3 Å². The Morgan fingerprint density at radius 3 is 2.58 bits per heavy atom. The highest BCUT2D eigenvalue weighted by atomic mass is 32.2. The highest BCUT2D eigenvalue weighted by molar-refractivity contribution is 7.91. The summed E-state index contributed by atoms with van der Waals surface area (Å²) in [7, 11) is -3.82. The summed E-state index contributed by atoms with van der Waals surface area (Å²) in [5.41, 5.74) is 1.11. The van der Waals surface area contributed by atoms with Gasteiger partial charge in [-0.05, 0) is 26.0 Å². The maximum Gasteiger partial charge on any atom is 0.270 e. The molecule has 10 heteroatoms. The minimum atomic E-state index is -3.82. The average Bonchev–Trinajstić information content (AvgIpc) is 2.95. The maximum atomic E-state index is 12.2. The molecular weight excluding hydrogens is 352 g/mol. The van der Waals surface area contributed by atoms with Gasteiger partial charge in [-0.15, -0.1) is 10.2 Å². The molecule has 2 rings (SSSR count). The van der Waals surface area contributed by atoms with Gasteiger partial charge in [0, 0.05) is 6.92 Å².